The van der Waals surface area contributed by atoms with E-state index in [1.807, 2.05) is 13.0 Å². The zero-order chi connectivity index (χ0) is 16.1. The number of morpholine rings is 1. The third-order valence-electron chi connectivity index (χ3n) is 4.09. The van der Waals surface area contributed by atoms with Gasteiger partial charge in [-0.25, -0.2) is 0 Å². The van der Waals surface area contributed by atoms with Crippen molar-refractivity contribution in [3.8, 4) is 0 Å². The molecule has 6 heteroatoms. The third kappa shape index (κ3) is 4.18. The number of nitrogens with one attached hydrogen (secondary N) is 2. The summed E-state index contributed by atoms with van der Waals surface area (Å²) in [6.07, 6.45) is 1.55. The molecule has 1 saturated heterocycles. The Morgan fingerprint density at radius 2 is 2.26 bits per heavy atom. The number of benzene rings is 1. The van der Waals surface area contributed by atoms with Gasteiger partial charge < -0.3 is 10.1 Å². The Bertz CT molecular complexity index is 615. The topological polar surface area (TPSA) is 70.2 Å². The number of aromatic amines is 1. The second kappa shape index (κ2) is 7.39. The molecule has 1 aliphatic rings. The second-order valence-electron chi connectivity index (χ2n) is 5.86. The third-order valence-corrected chi connectivity index (χ3v) is 4.09. The van der Waals surface area contributed by atoms with E-state index in [2.05, 4.69) is 44.7 Å². The van der Waals surface area contributed by atoms with E-state index in [1.54, 1.807) is 12.3 Å². The van der Waals surface area contributed by atoms with Crippen LogP contribution in [0.15, 0.2) is 42.6 Å². The zero-order valence-electron chi connectivity index (χ0n) is 13.2. The van der Waals surface area contributed by atoms with Crippen LogP contribution in [0.3, 0.4) is 0 Å². The van der Waals surface area contributed by atoms with Gasteiger partial charge in [-0.05, 0) is 18.6 Å². The van der Waals surface area contributed by atoms with Crippen molar-refractivity contribution in [3.63, 3.8) is 0 Å². The van der Waals surface area contributed by atoms with Gasteiger partial charge in [-0.3, -0.25) is 14.8 Å². The summed E-state index contributed by atoms with van der Waals surface area (Å²) in [4.78, 5) is 14.4. The molecule has 0 aliphatic carbocycles. The van der Waals surface area contributed by atoms with Gasteiger partial charge in [0.2, 0.25) is 0 Å². The maximum Gasteiger partial charge on any atom is 0.269 e. The van der Waals surface area contributed by atoms with E-state index in [4.69, 9.17) is 4.74 Å². The predicted molar refractivity (Wildman–Crippen MR) is 87.0 cm³/mol. The minimum atomic E-state index is -0.154. The lowest BCUT2D eigenvalue weighted by atomic mass is 10.1. The molecule has 23 heavy (non-hydrogen) atoms. The summed E-state index contributed by atoms with van der Waals surface area (Å²) in [5.41, 5.74) is 1.76. The summed E-state index contributed by atoms with van der Waals surface area (Å²) in [7, 11) is 0. The lowest BCUT2D eigenvalue weighted by Crippen LogP contribution is -2.52. The lowest BCUT2D eigenvalue weighted by Gasteiger charge is -2.36. The standard InChI is InChI=1S/C17H22N4O2/c1-13(19-17(22)15-7-8-18-20-15)16-12-21(9-10-23-16)11-14-5-3-2-4-6-14/h2-8,13,16H,9-12H2,1H3,(H,18,20)(H,19,22)/t13-,16+/m1/s1. The van der Waals surface area contributed by atoms with E-state index in [0.29, 0.717) is 12.3 Å². The molecule has 0 spiro atoms. The van der Waals surface area contributed by atoms with Gasteiger partial charge in [-0.15, -0.1) is 0 Å². The van der Waals surface area contributed by atoms with Crippen molar-refractivity contribution in [1.29, 1.82) is 0 Å². The van der Waals surface area contributed by atoms with E-state index in [9.17, 15) is 4.79 Å². The molecule has 0 saturated carbocycles. The number of rotatable bonds is 5. The lowest BCUT2D eigenvalue weighted by molar-refractivity contribution is -0.0449. The van der Waals surface area contributed by atoms with Crippen molar-refractivity contribution in [2.45, 2.75) is 25.6 Å². The summed E-state index contributed by atoms with van der Waals surface area (Å²) in [6.45, 7) is 5.28. The molecule has 6 nitrogen and oxygen atoms in total. The Balaban J connectivity index is 1.54. The Labute approximate surface area is 135 Å². The van der Waals surface area contributed by atoms with Gasteiger partial charge >= 0.3 is 0 Å². The van der Waals surface area contributed by atoms with Crippen molar-refractivity contribution < 1.29 is 9.53 Å². The number of amides is 1. The van der Waals surface area contributed by atoms with Gasteiger partial charge in [0, 0.05) is 25.8 Å². The van der Waals surface area contributed by atoms with Crippen molar-refractivity contribution in [2.24, 2.45) is 0 Å². The van der Waals surface area contributed by atoms with E-state index in [1.165, 1.54) is 5.56 Å². The molecule has 122 valence electrons. The van der Waals surface area contributed by atoms with Gasteiger partial charge in [0.15, 0.2) is 0 Å². The number of aromatic nitrogens is 2. The number of nitrogens with zero attached hydrogens (tertiary/aromatic N) is 2. The monoisotopic (exact) mass is 314 g/mol. The van der Waals surface area contributed by atoms with E-state index >= 15 is 0 Å². The molecule has 2 aromatic rings. The van der Waals surface area contributed by atoms with Crippen molar-refractivity contribution in [1.82, 2.24) is 20.4 Å². The maximum atomic E-state index is 12.1. The Morgan fingerprint density at radius 1 is 1.43 bits per heavy atom. The molecule has 0 radical (unpaired) electrons. The van der Waals surface area contributed by atoms with Crippen LogP contribution in [-0.4, -0.2) is 52.8 Å². The minimum absolute atomic E-state index is 0.0145. The van der Waals surface area contributed by atoms with E-state index in [-0.39, 0.29) is 18.1 Å². The van der Waals surface area contributed by atoms with Crippen LogP contribution in [0.1, 0.15) is 23.0 Å². The molecule has 1 fully saturated rings. The average Bonchev–Trinajstić information content (AvgIpc) is 3.10. The highest BCUT2D eigenvalue weighted by atomic mass is 16.5. The molecule has 2 heterocycles. The van der Waals surface area contributed by atoms with Gasteiger partial charge in [-0.1, -0.05) is 30.3 Å². The molecule has 0 unspecified atom stereocenters. The summed E-state index contributed by atoms with van der Waals surface area (Å²) in [5, 5.41) is 9.44. The van der Waals surface area contributed by atoms with Gasteiger partial charge in [0.25, 0.3) is 5.91 Å². The molecular formula is C17H22N4O2. The number of carbonyl (C=O) groups is 1. The fraction of sp³-hybridized carbons (Fsp3) is 0.412. The summed E-state index contributed by atoms with van der Waals surface area (Å²) in [6, 6.07) is 12.0. The van der Waals surface area contributed by atoms with Gasteiger partial charge in [0.05, 0.1) is 18.8 Å². The highest BCUT2D eigenvalue weighted by molar-refractivity contribution is 5.92. The molecule has 0 bridgehead atoms. The smallest absolute Gasteiger partial charge is 0.269 e. The van der Waals surface area contributed by atoms with E-state index < -0.39 is 0 Å². The first-order valence-electron chi connectivity index (χ1n) is 7.90. The average molecular weight is 314 g/mol. The molecule has 1 aromatic carbocycles. The number of H-pyrrole nitrogens is 1. The maximum absolute atomic E-state index is 12.1. The molecule has 1 aliphatic heterocycles. The fourth-order valence-electron chi connectivity index (χ4n) is 2.78. The molecular weight excluding hydrogens is 292 g/mol. The second-order valence-corrected chi connectivity index (χ2v) is 5.86. The molecule has 1 amide bonds. The number of carbonyl (C=O) groups excluding carboxylic acids is 1. The Kier molecular flexibility index (Phi) is 5.05. The normalized spacial score (nSPS) is 20.1. The first kappa shape index (κ1) is 15.7. The fourth-order valence-corrected chi connectivity index (χ4v) is 2.78. The highest BCUT2D eigenvalue weighted by Gasteiger charge is 2.26. The number of hydrogen-bond acceptors (Lipinski definition) is 4. The SMILES string of the molecule is C[C@@H](NC(=O)c1ccn[nH]1)[C@@H]1CN(Cc2ccccc2)CCO1. The van der Waals surface area contributed by atoms with Gasteiger partial charge in [0.1, 0.15) is 5.69 Å². The minimum Gasteiger partial charge on any atom is -0.373 e. The van der Waals surface area contributed by atoms with Crippen molar-refractivity contribution in [2.75, 3.05) is 19.7 Å². The van der Waals surface area contributed by atoms with Crippen LogP contribution in [0.5, 0.6) is 0 Å². The Morgan fingerprint density at radius 3 is 3.00 bits per heavy atom. The van der Waals surface area contributed by atoms with Crippen LogP contribution in [0.2, 0.25) is 0 Å². The largest absolute Gasteiger partial charge is 0.373 e. The van der Waals surface area contributed by atoms with Crippen LogP contribution in [0.4, 0.5) is 0 Å². The van der Waals surface area contributed by atoms with Crippen LogP contribution >= 0.6 is 0 Å². The summed E-state index contributed by atoms with van der Waals surface area (Å²) in [5.74, 6) is -0.154. The quantitative estimate of drug-likeness (QED) is 0.876. The van der Waals surface area contributed by atoms with Crippen LogP contribution in [-0.2, 0) is 11.3 Å². The number of ether oxygens (including phenoxy) is 1. The first-order chi connectivity index (χ1) is 11.2. The number of hydrogen-bond donors (Lipinski definition) is 2. The van der Waals surface area contributed by atoms with Crippen molar-refractivity contribution >= 4 is 5.91 Å². The van der Waals surface area contributed by atoms with Crippen LogP contribution in [0, 0.1) is 0 Å². The van der Waals surface area contributed by atoms with Crippen LogP contribution in [0.25, 0.3) is 0 Å². The highest BCUT2D eigenvalue weighted by Crippen LogP contribution is 2.13. The van der Waals surface area contributed by atoms with E-state index in [0.717, 1.165) is 19.6 Å². The predicted octanol–water partition coefficient (Wildman–Crippen LogP) is 1.43. The molecule has 1 aromatic heterocycles. The van der Waals surface area contributed by atoms with Gasteiger partial charge in [-0.2, -0.15) is 5.10 Å². The Hall–Kier alpha value is -2.18. The first-order valence-corrected chi connectivity index (χ1v) is 7.90. The van der Waals surface area contributed by atoms with Crippen LogP contribution < -0.4 is 5.32 Å². The molecule has 3 rings (SSSR count). The summed E-state index contributed by atoms with van der Waals surface area (Å²) >= 11 is 0. The molecule has 2 atom stereocenters. The summed E-state index contributed by atoms with van der Waals surface area (Å²) < 4.78 is 5.84. The molecule has 2 N–H and O–H groups in total. The van der Waals surface area contributed by atoms with Crippen molar-refractivity contribution in [3.05, 3.63) is 53.9 Å². The zero-order valence-corrected chi connectivity index (χ0v) is 13.2.